The maximum Gasteiger partial charge on any atom is 0.272 e. The standard InChI is InChI=1S/C18H23N3O4/c1-13-12-15(6-7-16(13)21(24)25)18(23)20-10-8-19(9-11-20)17(22)14-4-2-3-5-14/h6-7,12,14H,2-5,8-11H2,1H3. The van der Waals surface area contributed by atoms with E-state index in [2.05, 4.69) is 0 Å². The van der Waals surface area contributed by atoms with Crippen molar-refractivity contribution in [1.29, 1.82) is 0 Å². The van der Waals surface area contributed by atoms with Gasteiger partial charge in [-0.2, -0.15) is 0 Å². The molecule has 2 amide bonds. The van der Waals surface area contributed by atoms with Gasteiger partial charge in [0.2, 0.25) is 5.91 Å². The molecule has 1 aliphatic carbocycles. The summed E-state index contributed by atoms with van der Waals surface area (Å²) in [5, 5.41) is 10.9. The summed E-state index contributed by atoms with van der Waals surface area (Å²) < 4.78 is 0. The zero-order chi connectivity index (χ0) is 18.0. The van der Waals surface area contributed by atoms with Crippen LogP contribution in [0.25, 0.3) is 0 Å². The van der Waals surface area contributed by atoms with Crippen molar-refractivity contribution in [3.63, 3.8) is 0 Å². The van der Waals surface area contributed by atoms with E-state index in [0.29, 0.717) is 37.3 Å². The third-order valence-electron chi connectivity index (χ3n) is 5.22. The number of hydrogen-bond acceptors (Lipinski definition) is 4. The van der Waals surface area contributed by atoms with Crippen LogP contribution in [0.3, 0.4) is 0 Å². The van der Waals surface area contributed by atoms with Crippen molar-refractivity contribution in [3.05, 3.63) is 39.4 Å². The van der Waals surface area contributed by atoms with Gasteiger partial charge < -0.3 is 9.80 Å². The highest BCUT2D eigenvalue weighted by Crippen LogP contribution is 2.27. The van der Waals surface area contributed by atoms with E-state index in [1.54, 1.807) is 17.9 Å². The fourth-order valence-electron chi connectivity index (χ4n) is 3.74. The number of benzene rings is 1. The summed E-state index contributed by atoms with van der Waals surface area (Å²) in [6.07, 6.45) is 4.24. The maximum absolute atomic E-state index is 12.6. The zero-order valence-corrected chi connectivity index (χ0v) is 14.4. The van der Waals surface area contributed by atoms with Crippen LogP contribution in [0, 0.1) is 23.0 Å². The van der Waals surface area contributed by atoms with Crippen molar-refractivity contribution >= 4 is 17.5 Å². The minimum absolute atomic E-state index is 0.0172. The average molecular weight is 345 g/mol. The first-order valence-electron chi connectivity index (χ1n) is 8.80. The van der Waals surface area contributed by atoms with Gasteiger partial charge in [0.1, 0.15) is 0 Å². The molecule has 0 radical (unpaired) electrons. The van der Waals surface area contributed by atoms with Gasteiger partial charge in [-0.05, 0) is 31.9 Å². The topological polar surface area (TPSA) is 83.8 Å². The lowest BCUT2D eigenvalue weighted by atomic mass is 10.1. The Morgan fingerprint density at radius 3 is 2.24 bits per heavy atom. The SMILES string of the molecule is Cc1cc(C(=O)N2CCN(C(=O)C3CCCC3)CC2)ccc1[N+](=O)[O-]. The number of amides is 2. The van der Waals surface area contributed by atoms with Crippen molar-refractivity contribution < 1.29 is 14.5 Å². The molecule has 3 rings (SSSR count). The quantitative estimate of drug-likeness (QED) is 0.622. The minimum atomic E-state index is -0.447. The molecule has 0 N–H and O–H groups in total. The lowest BCUT2D eigenvalue weighted by Crippen LogP contribution is -2.51. The van der Waals surface area contributed by atoms with Gasteiger partial charge in [0.05, 0.1) is 4.92 Å². The third-order valence-corrected chi connectivity index (χ3v) is 5.22. The predicted molar refractivity (Wildman–Crippen MR) is 92.3 cm³/mol. The van der Waals surface area contributed by atoms with E-state index in [0.717, 1.165) is 25.7 Å². The van der Waals surface area contributed by atoms with Crippen molar-refractivity contribution in [2.75, 3.05) is 26.2 Å². The molecule has 25 heavy (non-hydrogen) atoms. The van der Waals surface area contributed by atoms with Crippen LogP contribution in [0.15, 0.2) is 18.2 Å². The van der Waals surface area contributed by atoms with Crippen LogP contribution >= 0.6 is 0 Å². The largest absolute Gasteiger partial charge is 0.339 e. The highest BCUT2D eigenvalue weighted by molar-refractivity contribution is 5.95. The summed E-state index contributed by atoms with van der Waals surface area (Å²) in [5.41, 5.74) is 0.952. The Morgan fingerprint density at radius 2 is 1.68 bits per heavy atom. The molecule has 7 nitrogen and oxygen atoms in total. The minimum Gasteiger partial charge on any atom is -0.339 e. The fraction of sp³-hybridized carbons (Fsp3) is 0.556. The second-order valence-electron chi connectivity index (χ2n) is 6.86. The second-order valence-corrected chi connectivity index (χ2v) is 6.86. The number of rotatable bonds is 3. The van der Waals surface area contributed by atoms with Crippen molar-refractivity contribution in [2.45, 2.75) is 32.6 Å². The van der Waals surface area contributed by atoms with E-state index in [4.69, 9.17) is 0 Å². The molecule has 0 atom stereocenters. The van der Waals surface area contributed by atoms with Crippen LogP contribution in [0.1, 0.15) is 41.6 Å². The van der Waals surface area contributed by atoms with E-state index in [9.17, 15) is 19.7 Å². The Kier molecular flexibility index (Phi) is 5.01. The van der Waals surface area contributed by atoms with Gasteiger partial charge >= 0.3 is 0 Å². The molecule has 1 aromatic rings. The highest BCUT2D eigenvalue weighted by Gasteiger charge is 2.30. The van der Waals surface area contributed by atoms with Crippen LogP contribution in [-0.2, 0) is 4.79 Å². The number of nitro benzene ring substituents is 1. The Balaban J connectivity index is 1.60. The molecule has 0 spiro atoms. The third kappa shape index (κ3) is 3.65. The van der Waals surface area contributed by atoms with Gasteiger partial charge in [0.15, 0.2) is 0 Å². The van der Waals surface area contributed by atoms with Gasteiger partial charge in [-0.3, -0.25) is 19.7 Å². The van der Waals surface area contributed by atoms with Crippen molar-refractivity contribution in [3.8, 4) is 0 Å². The molecule has 1 saturated carbocycles. The summed E-state index contributed by atoms with van der Waals surface area (Å²) in [7, 11) is 0. The van der Waals surface area contributed by atoms with Crippen LogP contribution in [0.4, 0.5) is 5.69 Å². The van der Waals surface area contributed by atoms with Gasteiger partial charge in [0, 0.05) is 49.3 Å². The monoisotopic (exact) mass is 345 g/mol. The molecule has 134 valence electrons. The van der Waals surface area contributed by atoms with Crippen LogP contribution in [0.5, 0.6) is 0 Å². The predicted octanol–water partition coefficient (Wildman–Crippen LogP) is 2.38. The number of piperazine rings is 1. The van der Waals surface area contributed by atoms with E-state index in [-0.39, 0.29) is 23.4 Å². The molecule has 1 aromatic carbocycles. The molecule has 1 saturated heterocycles. The first-order valence-corrected chi connectivity index (χ1v) is 8.80. The lowest BCUT2D eigenvalue weighted by molar-refractivity contribution is -0.385. The summed E-state index contributed by atoms with van der Waals surface area (Å²) in [6.45, 7) is 3.77. The number of hydrogen-bond donors (Lipinski definition) is 0. The Bertz CT molecular complexity index is 690. The smallest absolute Gasteiger partial charge is 0.272 e. The normalized spacial score (nSPS) is 18.4. The van der Waals surface area contributed by atoms with Gasteiger partial charge in [-0.1, -0.05) is 12.8 Å². The van der Waals surface area contributed by atoms with E-state index < -0.39 is 4.92 Å². The number of carbonyl (C=O) groups is 2. The second kappa shape index (κ2) is 7.21. The summed E-state index contributed by atoms with van der Waals surface area (Å²) in [4.78, 5) is 39.1. The van der Waals surface area contributed by atoms with Gasteiger partial charge in [-0.15, -0.1) is 0 Å². The molecule has 0 bridgehead atoms. The number of nitro groups is 1. The highest BCUT2D eigenvalue weighted by atomic mass is 16.6. The number of carbonyl (C=O) groups excluding carboxylic acids is 2. The Labute approximate surface area is 146 Å². The molecule has 2 aliphatic rings. The van der Waals surface area contributed by atoms with Crippen molar-refractivity contribution in [1.82, 2.24) is 9.80 Å². The molecular weight excluding hydrogens is 322 g/mol. The molecule has 7 heteroatoms. The van der Waals surface area contributed by atoms with Gasteiger partial charge in [-0.25, -0.2) is 0 Å². The summed E-state index contributed by atoms with van der Waals surface area (Å²) in [5.74, 6) is 0.265. The molecule has 2 fully saturated rings. The Morgan fingerprint density at radius 1 is 1.08 bits per heavy atom. The molecule has 1 heterocycles. The average Bonchev–Trinajstić information content (AvgIpc) is 3.15. The van der Waals surface area contributed by atoms with Crippen molar-refractivity contribution in [2.24, 2.45) is 5.92 Å². The number of nitrogens with zero attached hydrogens (tertiary/aromatic N) is 3. The van der Waals surface area contributed by atoms with Gasteiger partial charge in [0.25, 0.3) is 11.6 Å². The number of aryl methyl sites for hydroxylation is 1. The first kappa shape index (κ1) is 17.4. The van der Waals surface area contributed by atoms with Crippen LogP contribution in [0.2, 0.25) is 0 Å². The maximum atomic E-state index is 12.6. The van der Waals surface area contributed by atoms with E-state index >= 15 is 0 Å². The summed E-state index contributed by atoms with van der Waals surface area (Å²) in [6, 6.07) is 4.45. The molecule has 0 aromatic heterocycles. The Hall–Kier alpha value is -2.44. The van der Waals surface area contributed by atoms with E-state index in [1.807, 2.05) is 4.90 Å². The lowest BCUT2D eigenvalue weighted by Gasteiger charge is -2.36. The van der Waals surface area contributed by atoms with Crippen LogP contribution in [-0.4, -0.2) is 52.7 Å². The molecular formula is C18H23N3O4. The zero-order valence-electron chi connectivity index (χ0n) is 14.4. The molecule has 1 aliphatic heterocycles. The molecule has 0 unspecified atom stereocenters. The van der Waals surface area contributed by atoms with Crippen LogP contribution < -0.4 is 0 Å². The first-order chi connectivity index (χ1) is 12.0. The van der Waals surface area contributed by atoms with E-state index in [1.165, 1.54) is 12.1 Å². The summed E-state index contributed by atoms with van der Waals surface area (Å²) >= 11 is 0. The fourth-order valence-corrected chi connectivity index (χ4v) is 3.74.